The summed E-state index contributed by atoms with van der Waals surface area (Å²) in [7, 11) is 0. The van der Waals surface area contributed by atoms with Crippen LogP contribution in [0.3, 0.4) is 0 Å². The van der Waals surface area contributed by atoms with Crippen LogP contribution in [0.4, 0.5) is 0 Å². The van der Waals surface area contributed by atoms with E-state index in [9.17, 15) is 9.59 Å². The van der Waals surface area contributed by atoms with E-state index in [1.165, 1.54) is 12.2 Å². The van der Waals surface area contributed by atoms with Crippen LogP contribution in [0.5, 0.6) is 0 Å². The lowest BCUT2D eigenvalue weighted by atomic mass is 10.0. The molecule has 0 aromatic carbocycles. The van der Waals surface area contributed by atoms with Crippen LogP contribution in [-0.2, 0) is 19.1 Å². The van der Waals surface area contributed by atoms with Gasteiger partial charge in [-0.15, -0.1) is 0 Å². The molecule has 0 saturated heterocycles. The van der Waals surface area contributed by atoms with Gasteiger partial charge in [0.1, 0.15) is 0 Å². The molecule has 0 rings (SSSR count). The second kappa shape index (κ2) is 15.2. The minimum Gasteiger partial charge on any atom is -0.462 e. The van der Waals surface area contributed by atoms with E-state index in [1.807, 2.05) is 0 Å². The molecule has 0 spiro atoms. The molecule has 0 aromatic heterocycles. The molecule has 0 aliphatic rings. The van der Waals surface area contributed by atoms with Crippen LogP contribution in [0.15, 0.2) is 12.2 Å². The van der Waals surface area contributed by atoms with Crippen molar-refractivity contribution in [2.75, 3.05) is 13.2 Å². The number of esters is 2. The Kier molecular flexibility index (Phi) is 14.4. The molecule has 4 heteroatoms. The predicted octanol–water partition coefficient (Wildman–Crippen LogP) is 5.06. The monoisotopic (exact) mass is 340 g/mol. The largest absolute Gasteiger partial charge is 0.462 e. The van der Waals surface area contributed by atoms with Crippen molar-refractivity contribution < 1.29 is 19.1 Å². The summed E-state index contributed by atoms with van der Waals surface area (Å²) in [5, 5.41) is 0. The SMILES string of the molecule is CCCCC(CC)COC(=O)/C=C\C(=O)OCC(CC)CCCC. The van der Waals surface area contributed by atoms with Gasteiger partial charge in [0.15, 0.2) is 0 Å². The summed E-state index contributed by atoms with van der Waals surface area (Å²) >= 11 is 0. The van der Waals surface area contributed by atoms with E-state index in [-0.39, 0.29) is 0 Å². The van der Waals surface area contributed by atoms with Crippen LogP contribution in [0.1, 0.15) is 79.1 Å². The van der Waals surface area contributed by atoms with Gasteiger partial charge in [-0.1, -0.05) is 66.2 Å². The number of carbonyl (C=O) groups is 2. The number of ether oxygens (including phenoxy) is 2. The summed E-state index contributed by atoms with van der Waals surface area (Å²) in [4.78, 5) is 23.3. The van der Waals surface area contributed by atoms with Crippen LogP contribution >= 0.6 is 0 Å². The molecule has 0 heterocycles. The summed E-state index contributed by atoms with van der Waals surface area (Å²) in [6, 6.07) is 0. The molecule has 0 N–H and O–H groups in total. The van der Waals surface area contributed by atoms with Gasteiger partial charge in [-0.05, 0) is 24.7 Å². The average molecular weight is 341 g/mol. The fraction of sp³-hybridized carbons (Fsp3) is 0.800. The van der Waals surface area contributed by atoms with E-state index in [0.29, 0.717) is 25.0 Å². The first-order chi connectivity index (χ1) is 11.6. The molecule has 0 bridgehead atoms. The Morgan fingerprint density at radius 3 is 1.42 bits per heavy atom. The van der Waals surface area contributed by atoms with E-state index in [1.54, 1.807) is 0 Å². The summed E-state index contributed by atoms with van der Waals surface area (Å²) in [5.41, 5.74) is 0. The van der Waals surface area contributed by atoms with Crippen molar-refractivity contribution >= 4 is 11.9 Å². The summed E-state index contributed by atoms with van der Waals surface area (Å²) in [6.45, 7) is 9.35. The molecule has 0 amide bonds. The maximum atomic E-state index is 11.7. The third-order valence-electron chi connectivity index (χ3n) is 4.36. The predicted molar refractivity (Wildman–Crippen MR) is 97.7 cm³/mol. The van der Waals surface area contributed by atoms with Crippen molar-refractivity contribution in [1.82, 2.24) is 0 Å². The highest BCUT2D eigenvalue weighted by molar-refractivity contribution is 5.91. The normalized spacial score (nSPS) is 13.7. The van der Waals surface area contributed by atoms with Gasteiger partial charge in [0.2, 0.25) is 0 Å². The average Bonchev–Trinajstić information content (AvgIpc) is 2.60. The van der Waals surface area contributed by atoms with Crippen LogP contribution in [0.25, 0.3) is 0 Å². The molecule has 24 heavy (non-hydrogen) atoms. The van der Waals surface area contributed by atoms with E-state index in [4.69, 9.17) is 9.47 Å². The summed E-state index contributed by atoms with van der Waals surface area (Å²) < 4.78 is 10.4. The van der Waals surface area contributed by atoms with Crippen LogP contribution in [-0.4, -0.2) is 25.2 Å². The van der Waals surface area contributed by atoms with Gasteiger partial charge < -0.3 is 9.47 Å². The van der Waals surface area contributed by atoms with Crippen LogP contribution in [0.2, 0.25) is 0 Å². The molecule has 4 nitrogen and oxygen atoms in total. The van der Waals surface area contributed by atoms with Crippen LogP contribution in [0, 0.1) is 11.8 Å². The van der Waals surface area contributed by atoms with E-state index >= 15 is 0 Å². The Hall–Kier alpha value is -1.32. The van der Waals surface area contributed by atoms with Gasteiger partial charge in [-0.3, -0.25) is 0 Å². The first-order valence-electron chi connectivity index (χ1n) is 9.58. The molecular formula is C20H36O4. The molecule has 0 aliphatic heterocycles. The Morgan fingerprint density at radius 2 is 1.12 bits per heavy atom. The fourth-order valence-corrected chi connectivity index (χ4v) is 2.43. The number of hydrogen-bond acceptors (Lipinski definition) is 4. The molecule has 2 atom stereocenters. The van der Waals surface area contributed by atoms with Crippen molar-refractivity contribution in [3.05, 3.63) is 12.2 Å². The van der Waals surface area contributed by atoms with Crippen molar-refractivity contribution in [3.63, 3.8) is 0 Å². The van der Waals surface area contributed by atoms with Gasteiger partial charge in [0, 0.05) is 12.2 Å². The number of carbonyl (C=O) groups excluding carboxylic acids is 2. The first kappa shape index (κ1) is 22.7. The second-order valence-electron chi connectivity index (χ2n) is 6.43. The Bertz CT molecular complexity index is 329. The van der Waals surface area contributed by atoms with Crippen molar-refractivity contribution in [2.24, 2.45) is 11.8 Å². The molecule has 0 radical (unpaired) electrons. The third-order valence-corrected chi connectivity index (χ3v) is 4.36. The lowest BCUT2D eigenvalue weighted by molar-refractivity contribution is -0.142. The maximum Gasteiger partial charge on any atom is 0.331 e. The summed E-state index contributed by atoms with van der Waals surface area (Å²) in [6.07, 6.45) is 11.1. The van der Waals surface area contributed by atoms with Gasteiger partial charge in [0.25, 0.3) is 0 Å². The maximum absolute atomic E-state index is 11.7. The topological polar surface area (TPSA) is 52.6 Å². The van der Waals surface area contributed by atoms with Gasteiger partial charge in [-0.2, -0.15) is 0 Å². The summed E-state index contributed by atoms with van der Waals surface area (Å²) in [5.74, 6) is -0.142. The molecular weight excluding hydrogens is 304 g/mol. The zero-order valence-corrected chi connectivity index (χ0v) is 16.0. The highest BCUT2D eigenvalue weighted by Gasteiger charge is 2.10. The Morgan fingerprint density at radius 1 is 0.750 bits per heavy atom. The number of hydrogen-bond donors (Lipinski definition) is 0. The molecule has 0 fully saturated rings. The minimum atomic E-state index is -0.472. The smallest absolute Gasteiger partial charge is 0.331 e. The quantitative estimate of drug-likeness (QED) is 0.327. The van der Waals surface area contributed by atoms with Gasteiger partial charge >= 0.3 is 11.9 Å². The fourth-order valence-electron chi connectivity index (χ4n) is 2.43. The molecule has 0 aromatic rings. The molecule has 140 valence electrons. The Balaban J connectivity index is 4.04. The van der Waals surface area contributed by atoms with Crippen molar-refractivity contribution in [3.8, 4) is 0 Å². The first-order valence-corrected chi connectivity index (χ1v) is 9.58. The molecule has 0 aliphatic carbocycles. The van der Waals surface area contributed by atoms with E-state index in [0.717, 1.165) is 51.4 Å². The Labute approximate surface area is 148 Å². The number of unbranched alkanes of at least 4 members (excludes halogenated alkanes) is 2. The lowest BCUT2D eigenvalue weighted by Crippen LogP contribution is -2.14. The molecule has 0 saturated carbocycles. The third kappa shape index (κ3) is 12.1. The highest BCUT2D eigenvalue weighted by Crippen LogP contribution is 2.14. The van der Waals surface area contributed by atoms with E-state index < -0.39 is 11.9 Å². The van der Waals surface area contributed by atoms with Crippen LogP contribution < -0.4 is 0 Å². The number of rotatable bonds is 14. The van der Waals surface area contributed by atoms with E-state index in [2.05, 4.69) is 27.7 Å². The minimum absolute atomic E-state index is 0.401. The zero-order valence-electron chi connectivity index (χ0n) is 16.0. The van der Waals surface area contributed by atoms with Gasteiger partial charge in [0.05, 0.1) is 13.2 Å². The lowest BCUT2D eigenvalue weighted by Gasteiger charge is -2.14. The standard InChI is InChI=1S/C20H36O4/c1-5-9-11-17(7-3)15-23-19(21)13-14-20(22)24-16-18(8-4)12-10-6-2/h13-14,17-18H,5-12,15-16H2,1-4H3/b14-13-. The van der Waals surface area contributed by atoms with Gasteiger partial charge in [-0.25, -0.2) is 9.59 Å². The molecule has 2 unspecified atom stereocenters. The highest BCUT2D eigenvalue weighted by atomic mass is 16.5. The second-order valence-corrected chi connectivity index (χ2v) is 6.43. The van der Waals surface area contributed by atoms with Crippen molar-refractivity contribution in [1.29, 1.82) is 0 Å². The van der Waals surface area contributed by atoms with Crippen molar-refractivity contribution in [2.45, 2.75) is 79.1 Å². The zero-order chi connectivity index (χ0) is 18.2.